The molecule has 2 aromatic heterocycles. The van der Waals surface area contributed by atoms with E-state index in [-0.39, 0.29) is 11.5 Å². The van der Waals surface area contributed by atoms with E-state index in [2.05, 4.69) is 26.2 Å². The van der Waals surface area contributed by atoms with Crippen molar-refractivity contribution < 1.29 is 13.9 Å². The van der Waals surface area contributed by atoms with Crippen molar-refractivity contribution in [3.8, 4) is 5.75 Å². The first-order valence-corrected chi connectivity index (χ1v) is 12.9. The van der Waals surface area contributed by atoms with Crippen LogP contribution >= 0.6 is 27.3 Å². The second kappa shape index (κ2) is 10.1. The quantitative estimate of drug-likeness (QED) is 0.370. The lowest BCUT2D eigenvalue weighted by Crippen LogP contribution is -2.40. The fourth-order valence-corrected chi connectivity index (χ4v) is 5.44. The Morgan fingerprint density at radius 2 is 1.92 bits per heavy atom. The van der Waals surface area contributed by atoms with Crippen LogP contribution in [0.2, 0.25) is 0 Å². The molecule has 0 aliphatic carbocycles. The van der Waals surface area contributed by atoms with Gasteiger partial charge in [-0.15, -0.1) is 0 Å². The predicted molar refractivity (Wildman–Crippen MR) is 143 cm³/mol. The molecule has 1 unspecified atom stereocenters. The van der Waals surface area contributed by atoms with E-state index in [9.17, 15) is 9.59 Å². The number of aromatic nitrogens is 1. The molecule has 9 heteroatoms. The number of benzene rings is 2. The maximum Gasteiger partial charge on any atom is 0.271 e. The number of hydrogen-bond acceptors (Lipinski definition) is 6. The number of halogens is 1. The van der Waals surface area contributed by atoms with Crippen molar-refractivity contribution in [2.24, 2.45) is 4.99 Å². The molecule has 36 heavy (non-hydrogen) atoms. The Labute approximate surface area is 219 Å². The Morgan fingerprint density at radius 3 is 2.58 bits per heavy atom. The van der Waals surface area contributed by atoms with Crippen LogP contribution in [-0.4, -0.2) is 17.1 Å². The summed E-state index contributed by atoms with van der Waals surface area (Å²) in [5.74, 6) is 0.945. The summed E-state index contributed by atoms with van der Waals surface area (Å²) in [4.78, 5) is 32.4. The molecule has 7 nitrogen and oxygen atoms in total. The fourth-order valence-electron chi connectivity index (χ4n) is 4.10. The minimum absolute atomic E-state index is 0.248. The van der Waals surface area contributed by atoms with Crippen LogP contribution in [0.4, 0.5) is 5.69 Å². The van der Waals surface area contributed by atoms with E-state index in [0.29, 0.717) is 49.1 Å². The second-order valence-electron chi connectivity index (χ2n) is 8.05. The summed E-state index contributed by atoms with van der Waals surface area (Å²) in [6.45, 7) is 4.26. The number of amides is 1. The molecular weight excluding hydrogens is 542 g/mol. The van der Waals surface area contributed by atoms with Gasteiger partial charge in [0.25, 0.3) is 11.5 Å². The second-order valence-corrected chi connectivity index (χ2v) is 9.84. The molecule has 2 aromatic carbocycles. The maximum absolute atomic E-state index is 13.7. The molecule has 4 aromatic rings. The molecule has 0 spiro atoms. The number of allylic oxidation sites excluding steroid dienone is 1. The minimum Gasteiger partial charge on any atom is -0.494 e. The molecule has 0 saturated heterocycles. The number of hydrogen-bond donors (Lipinski definition) is 1. The van der Waals surface area contributed by atoms with Gasteiger partial charge >= 0.3 is 0 Å². The molecule has 5 rings (SSSR count). The van der Waals surface area contributed by atoms with Gasteiger partial charge < -0.3 is 14.5 Å². The zero-order chi connectivity index (χ0) is 25.2. The highest BCUT2D eigenvalue weighted by Crippen LogP contribution is 2.31. The van der Waals surface area contributed by atoms with Crippen LogP contribution in [0.5, 0.6) is 5.75 Å². The van der Waals surface area contributed by atoms with Gasteiger partial charge in [0.15, 0.2) is 9.47 Å². The van der Waals surface area contributed by atoms with Crippen molar-refractivity contribution in [3.63, 3.8) is 0 Å². The van der Waals surface area contributed by atoms with Crippen molar-refractivity contribution in [3.05, 3.63) is 114 Å². The zero-order valence-electron chi connectivity index (χ0n) is 19.5. The first kappa shape index (κ1) is 24.0. The summed E-state index contributed by atoms with van der Waals surface area (Å²) in [6, 6.07) is 19.5. The number of rotatable bonds is 6. The van der Waals surface area contributed by atoms with Gasteiger partial charge in [0.1, 0.15) is 11.5 Å². The first-order valence-electron chi connectivity index (χ1n) is 11.3. The largest absolute Gasteiger partial charge is 0.494 e. The molecule has 3 heterocycles. The van der Waals surface area contributed by atoms with Gasteiger partial charge in [-0.05, 0) is 71.7 Å². The number of ether oxygens (including phenoxy) is 1. The molecule has 1 amide bonds. The summed E-state index contributed by atoms with van der Waals surface area (Å²) in [6.07, 6.45) is 1.69. The van der Waals surface area contributed by atoms with E-state index in [4.69, 9.17) is 9.15 Å². The lowest BCUT2D eigenvalue weighted by molar-refractivity contribution is -0.113. The average Bonchev–Trinajstić information content (AvgIpc) is 3.41. The molecule has 1 atom stereocenters. The van der Waals surface area contributed by atoms with Crippen LogP contribution in [0.1, 0.15) is 31.2 Å². The highest BCUT2D eigenvalue weighted by Gasteiger charge is 2.32. The van der Waals surface area contributed by atoms with Crippen molar-refractivity contribution >= 4 is 44.9 Å². The number of anilines is 1. The molecule has 0 bridgehead atoms. The van der Waals surface area contributed by atoms with Gasteiger partial charge in [0.2, 0.25) is 0 Å². The van der Waals surface area contributed by atoms with Crippen LogP contribution < -0.4 is 24.9 Å². The number of fused-ring (bicyclic) bond motifs is 1. The highest BCUT2D eigenvalue weighted by atomic mass is 79.9. The summed E-state index contributed by atoms with van der Waals surface area (Å²) < 4.78 is 13.8. The average molecular weight is 564 g/mol. The lowest BCUT2D eigenvalue weighted by atomic mass is 9.95. The third kappa shape index (κ3) is 4.72. The summed E-state index contributed by atoms with van der Waals surface area (Å²) >= 11 is 4.55. The summed E-state index contributed by atoms with van der Waals surface area (Å²) in [5.41, 5.74) is 2.15. The van der Waals surface area contributed by atoms with Crippen LogP contribution in [-0.2, 0) is 4.79 Å². The number of nitrogens with one attached hydrogen (secondary N) is 1. The van der Waals surface area contributed by atoms with E-state index in [1.165, 1.54) is 11.3 Å². The molecule has 1 aliphatic heterocycles. The third-order valence-electron chi connectivity index (χ3n) is 5.67. The van der Waals surface area contributed by atoms with Gasteiger partial charge in [-0.2, -0.15) is 0 Å². The van der Waals surface area contributed by atoms with E-state index in [1.54, 1.807) is 29.7 Å². The molecule has 0 fully saturated rings. The predicted octanol–water partition coefficient (Wildman–Crippen LogP) is 4.63. The number of furan rings is 1. The SMILES string of the molecule is CCOc1ccc(C2C(C(=O)Nc3ccccc3)=C(C)N=c3s/c(=C/c4ccc(Br)o4)c(=O)n32)cc1. The Kier molecular flexibility index (Phi) is 6.75. The Hall–Kier alpha value is -3.69. The van der Waals surface area contributed by atoms with E-state index in [0.717, 1.165) is 5.56 Å². The fraction of sp³-hybridized carbons (Fsp3) is 0.148. The van der Waals surface area contributed by atoms with E-state index >= 15 is 0 Å². The molecule has 182 valence electrons. The molecule has 1 N–H and O–H groups in total. The van der Waals surface area contributed by atoms with Gasteiger partial charge in [0.05, 0.1) is 28.5 Å². The van der Waals surface area contributed by atoms with E-state index in [1.807, 2.05) is 61.5 Å². The summed E-state index contributed by atoms with van der Waals surface area (Å²) in [7, 11) is 0. The van der Waals surface area contributed by atoms with Crippen molar-refractivity contribution in [2.75, 3.05) is 11.9 Å². The van der Waals surface area contributed by atoms with Gasteiger partial charge in [-0.25, -0.2) is 4.99 Å². The topological polar surface area (TPSA) is 85.8 Å². The van der Waals surface area contributed by atoms with Crippen molar-refractivity contribution in [1.29, 1.82) is 0 Å². The van der Waals surface area contributed by atoms with E-state index < -0.39 is 6.04 Å². The Balaban J connectivity index is 1.66. The minimum atomic E-state index is -0.661. The number of carbonyl (C=O) groups excluding carboxylic acids is 1. The Morgan fingerprint density at radius 1 is 1.17 bits per heavy atom. The van der Waals surface area contributed by atoms with Gasteiger partial charge in [-0.1, -0.05) is 41.7 Å². The highest BCUT2D eigenvalue weighted by molar-refractivity contribution is 9.10. The molecule has 0 radical (unpaired) electrons. The molecule has 1 aliphatic rings. The van der Waals surface area contributed by atoms with Crippen LogP contribution in [0.3, 0.4) is 0 Å². The monoisotopic (exact) mass is 563 g/mol. The zero-order valence-corrected chi connectivity index (χ0v) is 21.9. The number of para-hydroxylation sites is 1. The Bertz CT molecular complexity index is 1630. The summed E-state index contributed by atoms with van der Waals surface area (Å²) in [5, 5.41) is 2.95. The van der Waals surface area contributed by atoms with Crippen LogP contribution in [0.25, 0.3) is 6.08 Å². The van der Waals surface area contributed by atoms with Crippen molar-refractivity contribution in [2.45, 2.75) is 19.9 Å². The molecule has 0 saturated carbocycles. The van der Waals surface area contributed by atoms with Crippen LogP contribution in [0.15, 0.2) is 96.9 Å². The standard InChI is InChI=1S/C27H22BrN3O4S/c1-3-34-19-11-9-17(10-12-19)24-23(25(32)30-18-7-5-4-6-8-18)16(2)29-27-31(24)26(33)21(36-27)15-20-13-14-22(28)35-20/h4-15,24H,3H2,1-2H3,(H,30,32)/b21-15+. The van der Waals surface area contributed by atoms with Crippen molar-refractivity contribution in [1.82, 2.24) is 4.57 Å². The normalized spacial score (nSPS) is 15.4. The number of thiazole rings is 1. The maximum atomic E-state index is 13.7. The number of nitrogens with zero attached hydrogens (tertiary/aromatic N) is 2. The smallest absolute Gasteiger partial charge is 0.271 e. The lowest BCUT2D eigenvalue weighted by Gasteiger charge is -2.25. The number of carbonyl (C=O) groups is 1. The van der Waals surface area contributed by atoms with Gasteiger partial charge in [-0.3, -0.25) is 14.2 Å². The van der Waals surface area contributed by atoms with Crippen LogP contribution in [0, 0.1) is 0 Å². The third-order valence-corrected chi connectivity index (χ3v) is 7.08. The van der Waals surface area contributed by atoms with Gasteiger partial charge in [0, 0.05) is 11.8 Å². The molecular formula is C27H22BrN3O4S. The first-order chi connectivity index (χ1) is 17.4.